The second kappa shape index (κ2) is 4.57. The molecule has 19 heavy (non-hydrogen) atoms. The number of nitrogens with zero attached hydrogens (tertiary/aromatic N) is 2. The minimum absolute atomic E-state index is 0.374. The van der Waals surface area contributed by atoms with E-state index in [9.17, 15) is 4.79 Å². The first-order valence-corrected chi connectivity index (χ1v) is 6.45. The number of aromatic nitrogens is 2. The largest absolute Gasteiger partial charge is 0.399 e. The minimum atomic E-state index is -0.810. The van der Waals surface area contributed by atoms with Gasteiger partial charge in [-0.1, -0.05) is 6.92 Å². The molecule has 0 saturated heterocycles. The van der Waals surface area contributed by atoms with Crippen molar-refractivity contribution in [3.05, 3.63) is 24.0 Å². The number of hydrogen-bond acceptors (Lipinski definition) is 3. The molecule has 0 aliphatic heterocycles. The number of amides is 1. The number of anilines is 1. The Kier molecular flexibility index (Phi) is 3.22. The van der Waals surface area contributed by atoms with Gasteiger partial charge >= 0.3 is 0 Å². The summed E-state index contributed by atoms with van der Waals surface area (Å²) in [6.45, 7) is 5.70. The van der Waals surface area contributed by atoms with Crippen molar-refractivity contribution in [3.8, 4) is 0 Å². The quantitative estimate of drug-likeness (QED) is 0.822. The topological polar surface area (TPSA) is 86.9 Å². The summed E-state index contributed by atoms with van der Waals surface area (Å²) >= 11 is 0. The molecule has 1 amide bonds. The lowest BCUT2D eigenvalue weighted by Crippen LogP contribution is -2.41. The molecule has 0 aliphatic carbocycles. The van der Waals surface area contributed by atoms with E-state index >= 15 is 0 Å². The number of benzene rings is 1. The van der Waals surface area contributed by atoms with E-state index in [1.807, 2.05) is 36.6 Å². The molecule has 5 heteroatoms. The Morgan fingerprint density at radius 3 is 2.68 bits per heavy atom. The van der Waals surface area contributed by atoms with Crippen LogP contribution in [0.3, 0.4) is 0 Å². The van der Waals surface area contributed by atoms with Crippen molar-refractivity contribution in [1.29, 1.82) is 0 Å². The predicted molar refractivity (Wildman–Crippen MR) is 76.7 cm³/mol. The molecule has 4 N–H and O–H groups in total. The number of rotatable bonds is 4. The summed E-state index contributed by atoms with van der Waals surface area (Å²) < 4.78 is 1.92. The molecule has 102 valence electrons. The van der Waals surface area contributed by atoms with E-state index in [1.165, 1.54) is 0 Å². The van der Waals surface area contributed by atoms with Gasteiger partial charge < -0.3 is 16.0 Å². The van der Waals surface area contributed by atoms with Crippen LogP contribution in [0.15, 0.2) is 18.2 Å². The average molecular weight is 260 g/mol. The van der Waals surface area contributed by atoms with Crippen molar-refractivity contribution in [2.45, 2.75) is 39.2 Å². The number of aryl methyl sites for hydroxylation is 1. The molecule has 0 unspecified atom stereocenters. The second-order valence-electron chi connectivity index (χ2n) is 5.28. The third kappa shape index (κ3) is 2.16. The highest BCUT2D eigenvalue weighted by atomic mass is 16.1. The summed E-state index contributed by atoms with van der Waals surface area (Å²) in [6, 6.07) is 5.52. The SMILES string of the molecule is CCCc1nc2cc(N)ccc2n1C(C)(C)C(N)=O. The van der Waals surface area contributed by atoms with E-state index in [1.54, 1.807) is 0 Å². The maximum Gasteiger partial charge on any atom is 0.243 e. The summed E-state index contributed by atoms with van der Waals surface area (Å²) in [5.74, 6) is 0.493. The molecule has 5 nitrogen and oxygen atoms in total. The first-order valence-electron chi connectivity index (χ1n) is 6.45. The van der Waals surface area contributed by atoms with Crippen molar-refractivity contribution >= 4 is 22.6 Å². The molecule has 1 aromatic heterocycles. The molecule has 0 atom stereocenters. The van der Waals surface area contributed by atoms with Crippen LogP contribution >= 0.6 is 0 Å². The fraction of sp³-hybridized carbons (Fsp3) is 0.429. The van der Waals surface area contributed by atoms with Gasteiger partial charge in [0.2, 0.25) is 5.91 Å². The number of primary amides is 1. The molecule has 0 fully saturated rings. The fourth-order valence-corrected chi connectivity index (χ4v) is 2.27. The number of carbonyl (C=O) groups is 1. The van der Waals surface area contributed by atoms with E-state index in [-0.39, 0.29) is 5.91 Å². The molecular formula is C14H20N4O. The number of carbonyl (C=O) groups excluding carboxylic acids is 1. The molecule has 1 heterocycles. The first-order chi connectivity index (χ1) is 8.87. The lowest BCUT2D eigenvalue weighted by molar-refractivity contribution is -0.125. The molecule has 0 aliphatic rings. The lowest BCUT2D eigenvalue weighted by atomic mass is 10.0. The Morgan fingerprint density at radius 1 is 1.42 bits per heavy atom. The van der Waals surface area contributed by atoms with Crippen LogP contribution in [0.4, 0.5) is 5.69 Å². The van der Waals surface area contributed by atoms with E-state index < -0.39 is 5.54 Å². The van der Waals surface area contributed by atoms with Gasteiger partial charge in [0.15, 0.2) is 0 Å². The Balaban J connectivity index is 2.75. The van der Waals surface area contributed by atoms with Crippen LogP contribution in [0.25, 0.3) is 11.0 Å². The van der Waals surface area contributed by atoms with Gasteiger partial charge in [0.25, 0.3) is 0 Å². The van der Waals surface area contributed by atoms with Gasteiger partial charge in [-0.2, -0.15) is 0 Å². The van der Waals surface area contributed by atoms with Crippen LogP contribution < -0.4 is 11.5 Å². The number of fused-ring (bicyclic) bond motifs is 1. The highest BCUT2D eigenvalue weighted by molar-refractivity contribution is 5.86. The van der Waals surface area contributed by atoms with Gasteiger partial charge in [0, 0.05) is 12.1 Å². The molecule has 0 saturated carbocycles. The Hall–Kier alpha value is -2.04. The van der Waals surface area contributed by atoms with Gasteiger partial charge in [-0.05, 0) is 38.5 Å². The summed E-state index contributed by atoms with van der Waals surface area (Å²) in [6.07, 6.45) is 1.75. The highest BCUT2D eigenvalue weighted by Gasteiger charge is 2.31. The minimum Gasteiger partial charge on any atom is -0.399 e. The van der Waals surface area contributed by atoms with Gasteiger partial charge in [-0.3, -0.25) is 4.79 Å². The lowest BCUT2D eigenvalue weighted by Gasteiger charge is -2.25. The van der Waals surface area contributed by atoms with Crippen LogP contribution in [0, 0.1) is 0 Å². The summed E-state index contributed by atoms with van der Waals surface area (Å²) in [5, 5.41) is 0. The maximum absolute atomic E-state index is 11.7. The van der Waals surface area contributed by atoms with Crippen molar-refractivity contribution in [1.82, 2.24) is 9.55 Å². The van der Waals surface area contributed by atoms with Crippen LogP contribution in [0.1, 0.15) is 33.0 Å². The average Bonchev–Trinajstić information content (AvgIpc) is 2.66. The third-order valence-corrected chi connectivity index (χ3v) is 3.38. The Bertz CT molecular complexity index is 628. The van der Waals surface area contributed by atoms with Gasteiger partial charge in [0.05, 0.1) is 11.0 Å². The zero-order chi connectivity index (χ0) is 14.2. The van der Waals surface area contributed by atoms with Crippen LogP contribution in [0.2, 0.25) is 0 Å². The van der Waals surface area contributed by atoms with Gasteiger partial charge in [0.1, 0.15) is 11.4 Å². The number of nitrogen functional groups attached to an aromatic ring is 1. The zero-order valence-corrected chi connectivity index (χ0v) is 11.6. The zero-order valence-electron chi connectivity index (χ0n) is 11.6. The molecule has 0 bridgehead atoms. The second-order valence-corrected chi connectivity index (χ2v) is 5.28. The normalized spacial score (nSPS) is 11.9. The molecule has 2 rings (SSSR count). The number of nitrogens with two attached hydrogens (primary N) is 2. The van der Waals surface area contributed by atoms with Crippen molar-refractivity contribution in [2.24, 2.45) is 5.73 Å². The van der Waals surface area contributed by atoms with Gasteiger partial charge in [-0.25, -0.2) is 4.98 Å². The predicted octanol–water partition coefficient (Wildman–Crippen LogP) is 1.79. The van der Waals surface area contributed by atoms with Crippen molar-refractivity contribution < 1.29 is 4.79 Å². The number of hydrogen-bond donors (Lipinski definition) is 2. The first kappa shape index (κ1) is 13.4. The maximum atomic E-state index is 11.7. The molecule has 2 aromatic rings. The Morgan fingerprint density at radius 2 is 2.11 bits per heavy atom. The summed E-state index contributed by atoms with van der Waals surface area (Å²) in [5.41, 5.74) is 12.9. The smallest absolute Gasteiger partial charge is 0.243 e. The van der Waals surface area contributed by atoms with E-state index in [0.717, 1.165) is 29.7 Å². The molecule has 1 aromatic carbocycles. The Labute approximate surface area is 112 Å². The molecular weight excluding hydrogens is 240 g/mol. The van der Waals surface area contributed by atoms with Gasteiger partial charge in [-0.15, -0.1) is 0 Å². The summed E-state index contributed by atoms with van der Waals surface area (Å²) in [7, 11) is 0. The highest BCUT2D eigenvalue weighted by Crippen LogP contribution is 2.27. The third-order valence-electron chi connectivity index (χ3n) is 3.38. The van der Waals surface area contributed by atoms with E-state index in [2.05, 4.69) is 11.9 Å². The summed E-state index contributed by atoms with van der Waals surface area (Å²) in [4.78, 5) is 16.3. The molecule has 0 spiro atoms. The standard InChI is InChI=1S/C14H20N4O/c1-4-5-12-17-10-8-9(15)6-7-11(10)18(12)14(2,3)13(16)19/h6-8H,4-5,15H2,1-3H3,(H2,16,19). The fourth-order valence-electron chi connectivity index (χ4n) is 2.27. The van der Waals surface area contributed by atoms with E-state index in [0.29, 0.717) is 5.69 Å². The number of imidazole rings is 1. The molecule has 0 radical (unpaired) electrons. The van der Waals surface area contributed by atoms with Crippen molar-refractivity contribution in [2.75, 3.05) is 5.73 Å². The van der Waals surface area contributed by atoms with Crippen LogP contribution in [0.5, 0.6) is 0 Å². The van der Waals surface area contributed by atoms with E-state index in [4.69, 9.17) is 11.5 Å². The monoisotopic (exact) mass is 260 g/mol. The van der Waals surface area contributed by atoms with Crippen LogP contribution in [-0.4, -0.2) is 15.5 Å². The van der Waals surface area contributed by atoms with Crippen molar-refractivity contribution in [3.63, 3.8) is 0 Å². The van der Waals surface area contributed by atoms with Crippen LogP contribution in [-0.2, 0) is 16.8 Å².